The van der Waals surface area contributed by atoms with Gasteiger partial charge in [-0.25, -0.2) is 0 Å². The van der Waals surface area contributed by atoms with E-state index in [1.165, 1.54) is 5.56 Å². The first-order valence-electron chi connectivity index (χ1n) is 7.08. The van der Waals surface area contributed by atoms with E-state index in [-0.39, 0.29) is 0 Å². The van der Waals surface area contributed by atoms with Crippen LogP contribution in [0.25, 0.3) is 0 Å². The van der Waals surface area contributed by atoms with Crippen molar-refractivity contribution in [1.82, 2.24) is 5.32 Å². The maximum atomic E-state index is 6.43. The van der Waals surface area contributed by atoms with E-state index in [0.29, 0.717) is 6.04 Å². The number of rotatable bonds is 5. The van der Waals surface area contributed by atoms with Crippen molar-refractivity contribution in [3.05, 3.63) is 28.8 Å². The molecule has 0 spiro atoms. The van der Waals surface area contributed by atoms with Gasteiger partial charge in [0.25, 0.3) is 0 Å². The standard InChI is InChI=1S/C15H23ClN2O/c1-3-6-17-12(2)13-4-5-15(14(16)11-13)18-7-9-19-10-8-18/h4-5,11-12,17H,3,6-10H2,1-2H3. The summed E-state index contributed by atoms with van der Waals surface area (Å²) in [7, 11) is 0. The topological polar surface area (TPSA) is 24.5 Å². The molecule has 2 rings (SSSR count). The lowest BCUT2D eigenvalue weighted by Gasteiger charge is -2.30. The van der Waals surface area contributed by atoms with Crippen molar-refractivity contribution in [2.75, 3.05) is 37.7 Å². The molecule has 0 aliphatic carbocycles. The third-order valence-corrected chi connectivity index (χ3v) is 3.83. The molecular weight excluding hydrogens is 260 g/mol. The molecule has 106 valence electrons. The molecule has 1 unspecified atom stereocenters. The molecule has 0 radical (unpaired) electrons. The van der Waals surface area contributed by atoms with Gasteiger partial charge in [-0.3, -0.25) is 0 Å². The van der Waals surface area contributed by atoms with E-state index in [0.717, 1.165) is 50.0 Å². The first-order chi connectivity index (χ1) is 9.22. The molecule has 1 fully saturated rings. The lowest BCUT2D eigenvalue weighted by Crippen LogP contribution is -2.36. The Hall–Kier alpha value is -0.770. The third kappa shape index (κ3) is 3.85. The quantitative estimate of drug-likeness (QED) is 0.897. The summed E-state index contributed by atoms with van der Waals surface area (Å²) in [4.78, 5) is 2.29. The van der Waals surface area contributed by atoms with Crippen LogP contribution in [-0.4, -0.2) is 32.8 Å². The molecule has 1 saturated heterocycles. The van der Waals surface area contributed by atoms with Crippen molar-refractivity contribution in [3.63, 3.8) is 0 Å². The zero-order valence-corrected chi connectivity index (χ0v) is 12.5. The van der Waals surface area contributed by atoms with Crippen LogP contribution >= 0.6 is 11.6 Å². The minimum atomic E-state index is 0.344. The average molecular weight is 283 g/mol. The Morgan fingerprint density at radius 1 is 1.37 bits per heavy atom. The number of morpholine rings is 1. The molecule has 1 aliphatic rings. The Morgan fingerprint density at radius 2 is 2.11 bits per heavy atom. The Bertz CT molecular complexity index is 405. The molecule has 4 heteroatoms. The highest BCUT2D eigenvalue weighted by Crippen LogP contribution is 2.29. The first-order valence-corrected chi connectivity index (χ1v) is 7.45. The number of anilines is 1. The van der Waals surface area contributed by atoms with Gasteiger partial charge in [0.15, 0.2) is 0 Å². The second-order valence-corrected chi connectivity index (χ2v) is 5.39. The van der Waals surface area contributed by atoms with Crippen molar-refractivity contribution in [2.24, 2.45) is 0 Å². The first kappa shape index (κ1) is 14.6. The second kappa shape index (κ2) is 7.13. The van der Waals surface area contributed by atoms with Gasteiger partial charge in [-0.2, -0.15) is 0 Å². The van der Waals surface area contributed by atoms with Crippen LogP contribution < -0.4 is 10.2 Å². The van der Waals surface area contributed by atoms with E-state index in [9.17, 15) is 0 Å². The minimum absolute atomic E-state index is 0.344. The van der Waals surface area contributed by atoms with Crippen LogP contribution in [0, 0.1) is 0 Å². The lowest BCUT2D eigenvalue weighted by atomic mass is 10.1. The molecule has 19 heavy (non-hydrogen) atoms. The summed E-state index contributed by atoms with van der Waals surface area (Å²) in [5.74, 6) is 0. The molecule has 1 aromatic carbocycles. The number of nitrogens with one attached hydrogen (secondary N) is 1. The summed E-state index contributed by atoms with van der Waals surface area (Å²) in [5, 5.41) is 4.32. The highest BCUT2D eigenvalue weighted by atomic mass is 35.5. The van der Waals surface area contributed by atoms with Crippen molar-refractivity contribution in [2.45, 2.75) is 26.3 Å². The highest BCUT2D eigenvalue weighted by molar-refractivity contribution is 6.33. The fourth-order valence-corrected chi connectivity index (χ4v) is 2.64. The highest BCUT2D eigenvalue weighted by Gasteiger charge is 2.15. The summed E-state index contributed by atoms with van der Waals surface area (Å²) in [6, 6.07) is 6.73. The van der Waals surface area contributed by atoms with Gasteiger partial charge < -0.3 is 15.0 Å². The molecule has 0 saturated carbocycles. The summed E-state index contributed by atoms with van der Waals surface area (Å²) in [6.45, 7) is 8.79. The number of ether oxygens (including phenoxy) is 1. The van der Waals surface area contributed by atoms with Crippen LogP contribution in [0.4, 0.5) is 5.69 Å². The predicted molar refractivity (Wildman–Crippen MR) is 81.2 cm³/mol. The lowest BCUT2D eigenvalue weighted by molar-refractivity contribution is 0.122. The number of hydrogen-bond acceptors (Lipinski definition) is 3. The molecule has 0 bridgehead atoms. The number of halogens is 1. The molecule has 1 atom stereocenters. The third-order valence-electron chi connectivity index (χ3n) is 3.52. The van der Waals surface area contributed by atoms with Crippen molar-refractivity contribution >= 4 is 17.3 Å². The fourth-order valence-electron chi connectivity index (χ4n) is 2.33. The molecule has 1 aromatic rings. The minimum Gasteiger partial charge on any atom is -0.378 e. The van der Waals surface area contributed by atoms with Crippen LogP contribution in [0.15, 0.2) is 18.2 Å². The van der Waals surface area contributed by atoms with E-state index < -0.39 is 0 Å². The van der Waals surface area contributed by atoms with Crippen LogP contribution in [-0.2, 0) is 4.74 Å². The van der Waals surface area contributed by atoms with Crippen molar-refractivity contribution < 1.29 is 4.74 Å². The molecule has 1 N–H and O–H groups in total. The zero-order chi connectivity index (χ0) is 13.7. The van der Waals surface area contributed by atoms with Crippen LogP contribution in [0.2, 0.25) is 5.02 Å². The number of hydrogen-bond donors (Lipinski definition) is 1. The fraction of sp³-hybridized carbons (Fsp3) is 0.600. The normalized spacial score (nSPS) is 17.5. The van der Waals surface area contributed by atoms with Gasteiger partial charge in [-0.05, 0) is 37.6 Å². The predicted octanol–water partition coefficient (Wildman–Crippen LogP) is 3.24. The maximum absolute atomic E-state index is 6.43. The summed E-state index contributed by atoms with van der Waals surface area (Å²) >= 11 is 6.43. The molecular formula is C15H23ClN2O. The molecule has 1 heterocycles. The van der Waals surface area contributed by atoms with Gasteiger partial charge in [0.2, 0.25) is 0 Å². The second-order valence-electron chi connectivity index (χ2n) is 4.99. The SMILES string of the molecule is CCCNC(C)c1ccc(N2CCOCC2)c(Cl)c1. The van der Waals surface area contributed by atoms with E-state index in [2.05, 4.69) is 42.3 Å². The van der Waals surface area contributed by atoms with Crippen LogP contribution in [0.3, 0.4) is 0 Å². The average Bonchev–Trinajstić information content (AvgIpc) is 2.45. The molecule has 0 aromatic heterocycles. The van der Waals surface area contributed by atoms with Gasteiger partial charge >= 0.3 is 0 Å². The summed E-state index contributed by atoms with van der Waals surface area (Å²) in [5.41, 5.74) is 2.37. The number of benzene rings is 1. The van der Waals surface area contributed by atoms with Gasteiger partial charge in [-0.15, -0.1) is 0 Å². The Labute approximate surface area is 120 Å². The maximum Gasteiger partial charge on any atom is 0.0642 e. The van der Waals surface area contributed by atoms with Gasteiger partial charge in [-0.1, -0.05) is 24.6 Å². The molecule has 0 amide bonds. The van der Waals surface area contributed by atoms with Crippen molar-refractivity contribution in [3.8, 4) is 0 Å². The Kier molecular flexibility index (Phi) is 5.49. The zero-order valence-electron chi connectivity index (χ0n) is 11.8. The van der Waals surface area contributed by atoms with Crippen LogP contribution in [0.1, 0.15) is 31.9 Å². The summed E-state index contributed by atoms with van der Waals surface area (Å²) < 4.78 is 5.37. The molecule has 3 nitrogen and oxygen atoms in total. The van der Waals surface area contributed by atoms with Gasteiger partial charge in [0.05, 0.1) is 23.9 Å². The van der Waals surface area contributed by atoms with E-state index >= 15 is 0 Å². The van der Waals surface area contributed by atoms with E-state index in [1.54, 1.807) is 0 Å². The Balaban J connectivity index is 2.07. The Morgan fingerprint density at radius 3 is 2.74 bits per heavy atom. The van der Waals surface area contributed by atoms with Gasteiger partial charge in [0, 0.05) is 19.1 Å². The van der Waals surface area contributed by atoms with Gasteiger partial charge in [0.1, 0.15) is 0 Å². The molecule has 1 aliphatic heterocycles. The van der Waals surface area contributed by atoms with Crippen LogP contribution in [0.5, 0.6) is 0 Å². The smallest absolute Gasteiger partial charge is 0.0642 e. The van der Waals surface area contributed by atoms with Crippen molar-refractivity contribution in [1.29, 1.82) is 0 Å². The summed E-state index contributed by atoms with van der Waals surface area (Å²) in [6.07, 6.45) is 1.14. The number of nitrogens with zero attached hydrogens (tertiary/aromatic N) is 1. The monoisotopic (exact) mass is 282 g/mol. The van der Waals surface area contributed by atoms with E-state index in [4.69, 9.17) is 16.3 Å². The van der Waals surface area contributed by atoms with E-state index in [1.807, 2.05) is 0 Å². The largest absolute Gasteiger partial charge is 0.378 e.